The Balaban J connectivity index is 1.50. The van der Waals surface area contributed by atoms with Crippen molar-refractivity contribution >= 4 is 16.8 Å². The Morgan fingerprint density at radius 1 is 1.26 bits per heavy atom. The Bertz CT molecular complexity index is 728. The van der Waals surface area contributed by atoms with E-state index in [1.54, 1.807) is 0 Å². The molecule has 0 saturated carbocycles. The zero-order valence-electron chi connectivity index (χ0n) is 13.7. The lowest BCUT2D eigenvalue weighted by molar-refractivity contribution is -0.128. The number of nitrogens with one attached hydrogen (secondary N) is 2. The molecular weight excluding hydrogens is 288 g/mol. The lowest BCUT2D eigenvalue weighted by Gasteiger charge is -2.27. The number of benzene rings is 1. The van der Waals surface area contributed by atoms with Crippen LogP contribution in [0.5, 0.6) is 0 Å². The number of H-pyrrole nitrogens is 1. The Hall–Kier alpha value is -1.81. The van der Waals surface area contributed by atoms with Gasteiger partial charge in [-0.25, -0.2) is 0 Å². The highest BCUT2D eigenvalue weighted by Crippen LogP contribution is 2.30. The first-order valence-electron chi connectivity index (χ1n) is 8.69. The molecule has 1 fully saturated rings. The van der Waals surface area contributed by atoms with Crippen molar-refractivity contribution < 1.29 is 9.53 Å². The SMILES string of the molecule is Cc1ccc2[nH]c3c(c2c1)CC(NC(=O)C1CCOCC1)CC3. The van der Waals surface area contributed by atoms with Crippen LogP contribution in [0.3, 0.4) is 0 Å². The second-order valence-corrected chi connectivity index (χ2v) is 6.97. The molecule has 2 N–H and O–H groups in total. The number of carbonyl (C=O) groups is 1. The standard InChI is InChI=1S/C19H24N2O2/c1-12-2-4-17-15(10-12)16-11-14(3-5-18(16)21-17)20-19(22)13-6-8-23-9-7-13/h2,4,10,13-14,21H,3,5-9,11H2,1H3,(H,20,22). The van der Waals surface area contributed by atoms with Gasteiger partial charge in [-0.2, -0.15) is 0 Å². The molecule has 2 heterocycles. The van der Waals surface area contributed by atoms with Crippen LogP contribution in [0.2, 0.25) is 0 Å². The fraction of sp³-hybridized carbons (Fsp3) is 0.526. The molecule has 4 heteroatoms. The number of carbonyl (C=O) groups excluding carboxylic acids is 1. The number of hydrogen-bond donors (Lipinski definition) is 2. The van der Waals surface area contributed by atoms with Crippen LogP contribution >= 0.6 is 0 Å². The molecule has 2 aromatic rings. The minimum atomic E-state index is 0.135. The normalized spacial score (nSPS) is 22.0. The molecule has 4 rings (SSSR count). The molecular formula is C19H24N2O2. The molecule has 1 aliphatic heterocycles. The van der Waals surface area contributed by atoms with E-state index in [4.69, 9.17) is 4.74 Å². The molecule has 1 saturated heterocycles. The van der Waals surface area contributed by atoms with Gasteiger partial charge in [0.1, 0.15) is 0 Å². The summed E-state index contributed by atoms with van der Waals surface area (Å²) in [6, 6.07) is 6.83. The van der Waals surface area contributed by atoms with Crippen molar-refractivity contribution in [1.29, 1.82) is 0 Å². The molecule has 0 radical (unpaired) electrons. The van der Waals surface area contributed by atoms with E-state index in [1.807, 2.05) is 0 Å². The smallest absolute Gasteiger partial charge is 0.223 e. The third-order valence-corrected chi connectivity index (χ3v) is 5.28. The summed E-state index contributed by atoms with van der Waals surface area (Å²) in [6.07, 6.45) is 4.69. The van der Waals surface area contributed by atoms with Gasteiger partial charge >= 0.3 is 0 Å². The van der Waals surface area contributed by atoms with Gasteiger partial charge in [-0.15, -0.1) is 0 Å². The third kappa shape index (κ3) is 2.88. The van der Waals surface area contributed by atoms with Crippen LogP contribution in [-0.4, -0.2) is 30.1 Å². The molecule has 23 heavy (non-hydrogen) atoms. The van der Waals surface area contributed by atoms with E-state index >= 15 is 0 Å². The van der Waals surface area contributed by atoms with Gasteiger partial charge in [0, 0.05) is 41.8 Å². The largest absolute Gasteiger partial charge is 0.381 e. The number of aryl methyl sites for hydroxylation is 2. The van der Waals surface area contributed by atoms with Gasteiger partial charge in [-0.3, -0.25) is 4.79 Å². The van der Waals surface area contributed by atoms with Gasteiger partial charge < -0.3 is 15.0 Å². The average molecular weight is 312 g/mol. The predicted molar refractivity (Wildman–Crippen MR) is 90.5 cm³/mol. The van der Waals surface area contributed by atoms with Crippen LogP contribution in [0, 0.1) is 12.8 Å². The summed E-state index contributed by atoms with van der Waals surface area (Å²) in [4.78, 5) is 16.0. The third-order valence-electron chi connectivity index (χ3n) is 5.28. The van der Waals surface area contributed by atoms with Crippen molar-refractivity contribution in [3.05, 3.63) is 35.0 Å². The van der Waals surface area contributed by atoms with E-state index < -0.39 is 0 Å². The van der Waals surface area contributed by atoms with Crippen LogP contribution in [0.1, 0.15) is 36.1 Å². The van der Waals surface area contributed by atoms with E-state index in [0.29, 0.717) is 13.2 Å². The van der Waals surface area contributed by atoms with Gasteiger partial charge in [0.2, 0.25) is 5.91 Å². The van der Waals surface area contributed by atoms with Crippen molar-refractivity contribution in [3.8, 4) is 0 Å². The monoisotopic (exact) mass is 312 g/mol. The van der Waals surface area contributed by atoms with Crippen LogP contribution < -0.4 is 5.32 Å². The summed E-state index contributed by atoms with van der Waals surface area (Å²) in [5.41, 5.74) is 5.25. The van der Waals surface area contributed by atoms with Crippen LogP contribution in [-0.2, 0) is 22.4 Å². The first-order chi connectivity index (χ1) is 11.2. The van der Waals surface area contributed by atoms with Gasteiger partial charge in [-0.05, 0) is 56.7 Å². The highest BCUT2D eigenvalue weighted by atomic mass is 16.5. The highest BCUT2D eigenvalue weighted by Gasteiger charge is 2.27. The molecule has 122 valence electrons. The quantitative estimate of drug-likeness (QED) is 0.896. The molecule has 1 aromatic carbocycles. The van der Waals surface area contributed by atoms with Gasteiger partial charge in [0.15, 0.2) is 0 Å². The Kier molecular flexibility index (Phi) is 3.85. The Labute approximate surface area is 136 Å². The molecule has 0 bridgehead atoms. The fourth-order valence-corrected chi connectivity index (χ4v) is 3.93. The molecule has 0 spiro atoms. The number of rotatable bonds is 2. The Morgan fingerprint density at radius 3 is 2.91 bits per heavy atom. The van der Waals surface area contributed by atoms with Crippen molar-refractivity contribution in [1.82, 2.24) is 10.3 Å². The first-order valence-corrected chi connectivity index (χ1v) is 8.69. The van der Waals surface area contributed by atoms with Crippen molar-refractivity contribution in [2.24, 2.45) is 5.92 Å². The summed E-state index contributed by atoms with van der Waals surface area (Å²) >= 11 is 0. The molecule has 1 aliphatic carbocycles. The highest BCUT2D eigenvalue weighted by molar-refractivity contribution is 5.86. The number of ether oxygens (including phenoxy) is 1. The number of aromatic nitrogens is 1. The second-order valence-electron chi connectivity index (χ2n) is 6.97. The number of amides is 1. The zero-order valence-corrected chi connectivity index (χ0v) is 13.7. The number of hydrogen-bond acceptors (Lipinski definition) is 2. The van der Waals surface area contributed by atoms with Gasteiger partial charge in [0.05, 0.1) is 0 Å². The molecule has 1 amide bonds. The maximum absolute atomic E-state index is 12.5. The van der Waals surface area contributed by atoms with E-state index in [2.05, 4.69) is 35.4 Å². The molecule has 4 nitrogen and oxygen atoms in total. The lowest BCUT2D eigenvalue weighted by Crippen LogP contribution is -2.43. The van der Waals surface area contributed by atoms with Gasteiger partial charge in [-0.1, -0.05) is 11.6 Å². The molecule has 2 aliphatic rings. The molecule has 1 atom stereocenters. The maximum Gasteiger partial charge on any atom is 0.223 e. The second kappa shape index (κ2) is 6.00. The topological polar surface area (TPSA) is 54.1 Å². The average Bonchev–Trinajstić information content (AvgIpc) is 2.93. The summed E-state index contributed by atoms with van der Waals surface area (Å²) < 4.78 is 5.35. The Morgan fingerprint density at radius 2 is 2.09 bits per heavy atom. The number of aromatic amines is 1. The maximum atomic E-state index is 12.5. The van der Waals surface area contributed by atoms with Crippen molar-refractivity contribution in [2.75, 3.05) is 13.2 Å². The lowest BCUT2D eigenvalue weighted by atomic mass is 9.90. The number of fused-ring (bicyclic) bond motifs is 3. The van der Waals surface area contributed by atoms with Crippen LogP contribution in [0.4, 0.5) is 0 Å². The summed E-state index contributed by atoms with van der Waals surface area (Å²) in [5, 5.41) is 4.61. The van der Waals surface area contributed by atoms with Crippen molar-refractivity contribution in [2.45, 2.75) is 45.1 Å². The van der Waals surface area contributed by atoms with E-state index in [1.165, 1.54) is 27.7 Å². The zero-order chi connectivity index (χ0) is 15.8. The van der Waals surface area contributed by atoms with E-state index in [0.717, 1.165) is 32.1 Å². The predicted octanol–water partition coefficient (Wildman–Crippen LogP) is 2.88. The molecule has 1 aromatic heterocycles. The summed E-state index contributed by atoms with van der Waals surface area (Å²) in [6.45, 7) is 3.56. The summed E-state index contributed by atoms with van der Waals surface area (Å²) in [5.74, 6) is 0.355. The summed E-state index contributed by atoms with van der Waals surface area (Å²) in [7, 11) is 0. The minimum absolute atomic E-state index is 0.135. The fourth-order valence-electron chi connectivity index (χ4n) is 3.93. The van der Waals surface area contributed by atoms with Crippen molar-refractivity contribution in [3.63, 3.8) is 0 Å². The van der Waals surface area contributed by atoms with E-state index in [9.17, 15) is 4.79 Å². The van der Waals surface area contributed by atoms with Gasteiger partial charge in [0.25, 0.3) is 0 Å². The van der Waals surface area contributed by atoms with E-state index in [-0.39, 0.29) is 17.9 Å². The first kappa shape index (κ1) is 14.8. The molecule has 1 unspecified atom stereocenters. The van der Waals surface area contributed by atoms with Crippen LogP contribution in [0.25, 0.3) is 10.9 Å². The minimum Gasteiger partial charge on any atom is -0.381 e. The van der Waals surface area contributed by atoms with Crippen LogP contribution in [0.15, 0.2) is 18.2 Å².